The molecule has 2 rings (SSSR count). The van der Waals surface area contributed by atoms with Gasteiger partial charge in [0.2, 0.25) is 5.54 Å². The van der Waals surface area contributed by atoms with Crippen molar-refractivity contribution >= 4 is 28.9 Å². The van der Waals surface area contributed by atoms with E-state index in [1.807, 2.05) is 0 Å². The number of carbonyl (C=O) groups is 1. The molecule has 1 aromatic heterocycles. The van der Waals surface area contributed by atoms with Crippen LogP contribution in [0.25, 0.3) is 0 Å². The summed E-state index contributed by atoms with van der Waals surface area (Å²) in [6.45, 7) is 4.72. The maximum atomic E-state index is 14.1. The SMILES string of the molecule is CC(C)(C)[S@@+]([O-])N[C@@](C(N)=O)(c1cc(F)cc(C(F)(F)F)c1)c1ccc(Cl)cn1. The quantitative estimate of drug-likeness (QED) is 0.536. The van der Waals surface area contributed by atoms with Crippen molar-refractivity contribution in [2.45, 2.75) is 37.2 Å². The molecule has 0 spiro atoms. The fraction of sp³-hybridized carbons (Fsp3) is 0.333. The van der Waals surface area contributed by atoms with E-state index in [1.165, 1.54) is 12.1 Å². The summed E-state index contributed by atoms with van der Waals surface area (Å²) in [6.07, 6.45) is -3.75. The van der Waals surface area contributed by atoms with Crippen LogP contribution in [0.3, 0.4) is 0 Å². The molecule has 0 radical (unpaired) electrons. The Bertz CT molecular complexity index is 903. The second-order valence-corrected chi connectivity index (χ2v) is 9.59. The molecular weight excluding hydrogens is 434 g/mol. The molecule has 2 aromatic rings. The number of hydrogen-bond acceptors (Lipinski definition) is 4. The van der Waals surface area contributed by atoms with Crippen LogP contribution in [0.2, 0.25) is 5.02 Å². The van der Waals surface area contributed by atoms with E-state index < -0.39 is 50.7 Å². The Morgan fingerprint density at radius 2 is 1.76 bits per heavy atom. The zero-order valence-corrected chi connectivity index (χ0v) is 17.2. The first-order chi connectivity index (χ1) is 13.2. The highest BCUT2D eigenvalue weighted by atomic mass is 35.5. The highest BCUT2D eigenvalue weighted by molar-refractivity contribution is 7.90. The van der Waals surface area contributed by atoms with E-state index in [0.717, 1.165) is 6.20 Å². The van der Waals surface area contributed by atoms with Crippen molar-refractivity contribution in [3.63, 3.8) is 0 Å². The zero-order valence-electron chi connectivity index (χ0n) is 15.6. The number of primary amides is 1. The average Bonchev–Trinajstić information content (AvgIpc) is 2.57. The molecule has 0 aliphatic carbocycles. The molecule has 11 heteroatoms. The van der Waals surface area contributed by atoms with Crippen molar-refractivity contribution in [1.29, 1.82) is 0 Å². The fourth-order valence-corrected chi connectivity index (χ4v) is 3.46. The van der Waals surface area contributed by atoms with E-state index in [4.69, 9.17) is 17.3 Å². The van der Waals surface area contributed by atoms with Crippen molar-refractivity contribution in [1.82, 2.24) is 9.71 Å². The molecule has 5 nitrogen and oxygen atoms in total. The van der Waals surface area contributed by atoms with E-state index >= 15 is 0 Å². The third kappa shape index (κ3) is 5.00. The molecule has 158 valence electrons. The lowest BCUT2D eigenvalue weighted by molar-refractivity contribution is -0.138. The van der Waals surface area contributed by atoms with Crippen LogP contribution >= 0.6 is 11.6 Å². The lowest BCUT2D eigenvalue weighted by atomic mass is 9.85. The molecule has 1 heterocycles. The van der Waals surface area contributed by atoms with Gasteiger partial charge in [-0.05, 0) is 56.7 Å². The number of pyridine rings is 1. The fourth-order valence-electron chi connectivity index (χ4n) is 2.44. The van der Waals surface area contributed by atoms with Crippen LogP contribution in [0.1, 0.15) is 37.6 Å². The number of rotatable bonds is 5. The van der Waals surface area contributed by atoms with E-state index in [-0.39, 0.29) is 16.8 Å². The third-order valence-electron chi connectivity index (χ3n) is 3.94. The molecule has 1 aromatic carbocycles. The molecule has 0 fully saturated rings. The summed E-state index contributed by atoms with van der Waals surface area (Å²) >= 11 is 3.81. The summed E-state index contributed by atoms with van der Waals surface area (Å²) in [5, 5.41) is 0.180. The van der Waals surface area contributed by atoms with Gasteiger partial charge in [-0.25, -0.2) is 4.39 Å². The second-order valence-electron chi connectivity index (χ2n) is 7.19. The first-order valence-corrected chi connectivity index (χ1v) is 9.70. The van der Waals surface area contributed by atoms with Crippen molar-refractivity contribution in [3.8, 4) is 0 Å². The Labute approximate surface area is 173 Å². The van der Waals surface area contributed by atoms with Crippen molar-refractivity contribution < 1.29 is 26.9 Å². The second kappa shape index (κ2) is 8.10. The highest BCUT2D eigenvalue weighted by Crippen LogP contribution is 2.37. The number of nitrogens with two attached hydrogens (primary N) is 1. The topological polar surface area (TPSA) is 91.1 Å². The lowest BCUT2D eigenvalue weighted by Crippen LogP contribution is -2.59. The minimum Gasteiger partial charge on any atom is -0.598 e. The largest absolute Gasteiger partial charge is 0.598 e. The van der Waals surface area contributed by atoms with Crippen LogP contribution < -0.4 is 10.5 Å². The van der Waals surface area contributed by atoms with Crippen LogP contribution in [0, 0.1) is 5.82 Å². The summed E-state index contributed by atoms with van der Waals surface area (Å²) < 4.78 is 68.2. The first-order valence-electron chi connectivity index (χ1n) is 8.18. The van der Waals surface area contributed by atoms with Crippen LogP contribution in [0.5, 0.6) is 0 Å². The van der Waals surface area contributed by atoms with Crippen molar-refractivity contribution in [3.05, 3.63) is 64.2 Å². The predicted octanol–water partition coefficient (Wildman–Crippen LogP) is 3.67. The summed E-state index contributed by atoms with van der Waals surface area (Å²) in [4.78, 5) is 16.6. The molecule has 2 atom stereocenters. The molecule has 0 saturated carbocycles. The van der Waals surface area contributed by atoms with E-state index in [2.05, 4.69) is 9.71 Å². The number of nitrogens with one attached hydrogen (secondary N) is 1. The molecule has 3 N–H and O–H groups in total. The Balaban J connectivity index is 2.84. The number of benzene rings is 1. The lowest BCUT2D eigenvalue weighted by Gasteiger charge is -2.35. The minimum atomic E-state index is -4.89. The molecule has 0 unspecified atom stereocenters. The van der Waals surface area contributed by atoms with E-state index in [9.17, 15) is 26.9 Å². The summed E-state index contributed by atoms with van der Waals surface area (Å²) in [5.74, 6) is -2.47. The number of alkyl halides is 3. The van der Waals surface area contributed by atoms with Crippen molar-refractivity contribution in [2.24, 2.45) is 5.73 Å². The smallest absolute Gasteiger partial charge is 0.416 e. The molecule has 0 aliphatic heterocycles. The molecule has 0 saturated heterocycles. The number of carbonyl (C=O) groups excluding carboxylic acids is 1. The Morgan fingerprint density at radius 1 is 1.17 bits per heavy atom. The predicted molar refractivity (Wildman–Crippen MR) is 102 cm³/mol. The first kappa shape index (κ1) is 23.4. The van der Waals surface area contributed by atoms with Crippen molar-refractivity contribution in [2.75, 3.05) is 0 Å². The molecule has 0 bridgehead atoms. The summed E-state index contributed by atoms with van der Waals surface area (Å²) in [6, 6.07) is 4.12. The van der Waals surface area contributed by atoms with Crippen LogP contribution in [-0.2, 0) is 27.9 Å². The molecule has 0 aliphatic rings. The molecular formula is C18H18ClF4N3O2S. The maximum absolute atomic E-state index is 14.1. The van der Waals surface area contributed by atoms with E-state index in [1.54, 1.807) is 20.8 Å². The van der Waals surface area contributed by atoms with Gasteiger partial charge in [0.05, 0.1) is 16.3 Å². The van der Waals surface area contributed by atoms with Gasteiger partial charge in [-0.3, -0.25) is 9.78 Å². The average molecular weight is 452 g/mol. The Kier molecular flexibility index (Phi) is 6.53. The van der Waals surface area contributed by atoms with E-state index in [0.29, 0.717) is 12.1 Å². The van der Waals surface area contributed by atoms with Gasteiger partial charge < -0.3 is 10.3 Å². The monoisotopic (exact) mass is 451 g/mol. The number of aromatic nitrogens is 1. The Morgan fingerprint density at radius 3 is 2.21 bits per heavy atom. The van der Waals surface area contributed by atoms with Gasteiger partial charge in [0.25, 0.3) is 5.91 Å². The highest BCUT2D eigenvalue weighted by Gasteiger charge is 2.49. The van der Waals surface area contributed by atoms with Gasteiger partial charge in [0.1, 0.15) is 10.6 Å². The standard InChI is InChI=1S/C18H18ClF4N3O2S/c1-16(2,3)29(28)26-17(15(24)27,14-5-4-12(19)9-25-14)10-6-11(18(21,22)23)8-13(20)7-10/h4-9,26H,1-3H3,(H2,24,27)/t17-,29+/m0/s1. The molecule has 29 heavy (non-hydrogen) atoms. The van der Waals surface area contributed by atoms with Crippen LogP contribution in [-0.4, -0.2) is 20.2 Å². The van der Waals surface area contributed by atoms with Gasteiger partial charge in [-0.15, -0.1) is 4.72 Å². The van der Waals surface area contributed by atoms with Gasteiger partial charge in [-0.2, -0.15) is 13.2 Å². The minimum absolute atomic E-state index is 0.180. The number of hydrogen-bond donors (Lipinski definition) is 2. The molecule has 1 amide bonds. The Hall–Kier alpha value is -1.88. The zero-order chi connectivity index (χ0) is 22.2. The van der Waals surface area contributed by atoms with Crippen LogP contribution in [0.4, 0.5) is 17.6 Å². The van der Waals surface area contributed by atoms with Gasteiger partial charge >= 0.3 is 6.18 Å². The van der Waals surface area contributed by atoms with Gasteiger partial charge in [0, 0.05) is 17.6 Å². The number of nitrogens with zero attached hydrogens (tertiary/aromatic N) is 1. The maximum Gasteiger partial charge on any atom is 0.416 e. The normalized spacial score (nSPS) is 15.6. The van der Waals surface area contributed by atoms with Crippen LogP contribution in [0.15, 0.2) is 36.5 Å². The van der Waals surface area contributed by atoms with Gasteiger partial charge in [-0.1, -0.05) is 11.6 Å². The summed E-state index contributed by atoms with van der Waals surface area (Å²) in [7, 11) is 0. The third-order valence-corrected chi connectivity index (χ3v) is 5.77. The van der Waals surface area contributed by atoms with Gasteiger partial charge in [0.15, 0.2) is 0 Å². The number of amides is 1. The number of halogens is 5. The summed E-state index contributed by atoms with van der Waals surface area (Å²) in [5.41, 5.74) is 1.23.